The molecule has 7 heteroatoms. The molecule has 7 nitrogen and oxygen atoms in total. The van der Waals surface area contributed by atoms with Crippen molar-refractivity contribution in [3.8, 4) is 6.07 Å². The van der Waals surface area contributed by atoms with Crippen LogP contribution in [0.1, 0.15) is 40.2 Å². The first-order valence-corrected chi connectivity index (χ1v) is 8.41. The van der Waals surface area contributed by atoms with Crippen molar-refractivity contribution in [3.05, 3.63) is 40.8 Å². The summed E-state index contributed by atoms with van der Waals surface area (Å²) >= 11 is 0. The molecule has 1 aliphatic heterocycles. The molecule has 3 rings (SSSR count). The van der Waals surface area contributed by atoms with Crippen molar-refractivity contribution >= 4 is 11.7 Å². The first-order valence-electron chi connectivity index (χ1n) is 8.41. The van der Waals surface area contributed by atoms with Crippen LogP contribution in [0.4, 0.5) is 5.82 Å². The number of aryl methyl sites for hydroxylation is 3. The Hall–Kier alpha value is -2.88. The quantitative estimate of drug-likeness (QED) is 0.920. The van der Waals surface area contributed by atoms with Gasteiger partial charge in [0, 0.05) is 38.1 Å². The number of pyridine rings is 1. The summed E-state index contributed by atoms with van der Waals surface area (Å²) < 4.78 is 1.61. The van der Waals surface area contributed by atoms with Crippen molar-refractivity contribution in [2.24, 2.45) is 7.05 Å². The van der Waals surface area contributed by atoms with E-state index in [2.05, 4.69) is 26.4 Å². The summed E-state index contributed by atoms with van der Waals surface area (Å²) in [5.41, 5.74) is 2.86. The van der Waals surface area contributed by atoms with Gasteiger partial charge in [-0.25, -0.2) is 4.98 Å². The molecule has 1 unspecified atom stereocenters. The van der Waals surface area contributed by atoms with Crippen molar-refractivity contribution in [1.29, 1.82) is 5.26 Å². The molecule has 130 valence electrons. The highest BCUT2D eigenvalue weighted by molar-refractivity contribution is 5.92. The molecular weight excluding hydrogens is 316 g/mol. The molecule has 1 aliphatic rings. The highest BCUT2D eigenvalue weighted by Gasteiger charge is 2.25. The lowest BCUT2D eigenvalue weighted by molar-refractivity contribution is 0.0927. The number of aromatic nitrogens is 3. The fourth-order valence-corrected chi connectivity index (χ4v) is 3.27. The number of hydrogen-bond acceptors (Lipinski definition) is 5. The van der Waals surface area contributed by atoms with E-state index in [1.165, 1.54) is 0 Å². The van der Waals surface area contributed by atoms with Gasteiger partial charge < -0.3 is 10.2 Å². The topological polar surface area (TPSA) is 86.8 Å². The van der Waals surface area contributed by atoms with Crippen LogP contribution in [0.25, 0.3) is 0 Å². The zero-order valence-electron chi connectivity index (χ0n) is 14.8. The molecular formula is C18H22N6O. The summed E-state index contributed by atoms with van der Waals surface area (Å²) in [6.07, 6.45) is 3.59. The van der Waals surface area contributed by atoms with Crippen LogP contribution in [0.3, 0.4) is 0 Å². The summed E-state index contributed by atoms with van der Waals surface area (Å²) in [6.45, 7) is 5.34. The number of nitrogens with one attached hydrogen (secondary N) is 1. The number of nitriles is 1. The van der Waals surface area contributed by atoms with Crippen molar-refractivity contribution in [2.45, 2.75) is 32.7 Å². The molecule has 0 spiro atoms. The van der Waals surface area contributed by atoms with E-state index in [0.717, 1.165) is 36.5 Å². The second kappa shape index (κ2) is 6.93. The molecule has 3 heterocycles. The lowest BCUT2D eigenvalue weighted by Gasteiger charge is -2.34. The van der Waals surface area contributed by atoms with Gasteiger partial charge in [0.25, 0.3) is 5.91 Å². The van der Waals surface area contributed by atoms with E-state index in [-0.39, 0.29) is 11.9 Å². The van der Waals surface area contributed by atoms with Crippen molar-refractivity contribution in [2.75, 3.05) is 18.0 Å². The Balaban J connectivity index is 1.76. The van der Waals surface area contributed by atoms with Gasteiger partial charge >= 0.3 is 0 Å². The molecule has 0 bridgehead atoms. The molecule has 2 aromatic rings. The second-order valence-corrected chi connectivity index (χ2v) is 6.52. The molecule has 0 aliphatic carbocycles. The average molecular weight is 338 g/mol. The maximum atomic E-state index is 12.3. The van der Waals surface area contributed by atoms with Gasteiger partial charge in [0.05, 0.1) is 5.56 Å². The molecule has 25 heavy (non-hydrogen) atoms. The Bertz CT molecular complexity index is 835. The Morgan fingerprint density at radius 1 is 1.44 bits per heavy atom. The molecule has 1 saturated heterocycles. The van der Waals surface area contributed by atoms with Gasteiger partial charge in [-0.05, 0) is 44.4 Å². The van der Waals surface area contributed by atoms with Crippen LogP contribution >= 0.6 is 0 Å². The largest absolute Gasteiger partial charge is 0.353 e. The van der Waals surface area contributed by atoms with Gasteiger partial charge in [0.15, 0.2) is 0 Å². The van der Waals surface area contributed by atoms with Gasteiger partial charge in [0.1, 0.15) is 17.6 Å². The van der Waals surface area contributed by atoms with Gasteiger partial charge in [-0.15, -0.1) is 0 Å². The molecule has 1 amide bonds. The summed E-state index contributed by atoms with van der Waals surface area (Å²) in [5, 5.41) is 16.7. The van der Waals surface area contributed by atoms with Crippen LogP contribution in [0.2, 0.25) is 0 Å². The van der Waals surface area contributed by atoms with Crippen molar-refractivity contribution in [1.82, 2.24) is 20.1 Å². The molecule has 0 saturated carbocycles. The minimum absolute atomic E-state index is 0.0115. The van der Waals surface area contributed by atoms with E-state index in [4.69, 9.17) is 0 Å². The number of piperidine rings is 1. The van der Waals surface area contributed by atoms with Gasteiger partial charge in [-0.1, -0.05) is 0 Å². The summed E-state index contributed by atoms with van der Waals surface area (Å²) in [4.78, 5) is 19.0. The van der Waals surface area contributed by atoms with Crippen LogP contribution in [-0.4, -0.2) is 39.8 Å². The zero-order valence-corrected chi connectivity index (χ0v) is 14.8. The normalized spacial score (nSPS) is 17.2. The van der Waals surface area contributed by atoms with E-state index in [0.29, 0.717) is 17.8 Å². The molecule has 1 N–H and O–H groups in total. The minimum Gasteiger partial charge on any atom is -0.353 e. The third kappa shape index (κ3) is 3.63. The highest BCUT2D eigenvalue weighted by Crippen LogP contribution is 2.25. The fraction of sp³-hybridized carbons (Fsp3) is 0.444. The smallest absolute Gasteiger partial charge is 0.272 e. The highest BCUT2D eigenvalue weighted by atomic mass is 16.2. The Morgan fingerprint density at radius 3 is 2.92 bits per heavy atom. The number of amides is 1. The standard InChI is InChI=1S/C18H22N6O/c1-12-9-13(2)20-17(15(12)10-19)24-7-4-5-14(11-24)21-18(25)16-6-8-23(3)22-16/h6,8-9,14H,4-5,7,11H2,1-3H3,(H,21,25). The monoisotopic (exact) mass is 338 g/mol. The third-order valence-electron chi connectivity index (χ3n) is 4.44. The van der Waals surface area contributed by atoms with E-state index in [1.54, 1.807) is 24.0 Å². The number of carbonyl (C=O) groups excluding carboxylic acids is 1. The van der Waals surface area contributed by atoms with Crippen LogP contribution in [0, 0.1) is 25.2 Å². The first kappa shape index (κ1) is 17.0. The Kier molecular flexibility index (Phi) is 4.70. The second-order valence-electron chi connectivity index (χ2n) is 6.52. The van der Waals surface area contributed by atoms with Crippen molar-refractivity contribution in [3.63, 3.8) is 0 Å². The van der Waals surface area contributed by atoms with Crippen LogP contribution < -0.4 is 10.2 Å². The molecule has 0 aromatic carbocycles. The lowest BCUT2D eigenvalue weighted by atomic mass is 10.0. The third-order valence-corrected chi connectivity index (χ3v) is 4.44. The first-order chi connectivity index (χ1) is 12.0. The summed E-state index contributed by atoms with van der Waals surface area (Å²) in [5.74, 6) is 0.554. The van der Waals surface area contributed by atoms with Crippen LogP contribution in [0.15, 0.2) is 18.3 Å². The van der Waals surface area contributed by atoms with Gasteiger partial charge in [-0.2, -0.15) is 10.4 Å². The SMILES string of the molecule is Cc1cc(C)c(C#N)c(N2CCCC(NC(=O)c3ccn(C)n3)C2)n1. The number of anilines is 1. The minimum atomic E-state index is -0.165. The summed E-state index contributed by atoms with van der Waals surface area (Å²) in [7, 11) is 1.79. The predicted molar refractivity (Wildman–Crippen MR) is 94.3 cm³/mol. The maximum Gasteiger partial charge on any atom is 0.272 e. The summed E-state index contributed by atoms with van der Waals surface area (Å²) in [6, 6.07) is 5.91. The molecule has 1 fully saturated rings. The van der Waals surface area contributed by atoms with Crippen LogP contribution in [-0.2, 0) is 7.05 Å². The maximum absolute atomic E-state index is 12.3. The average Bonchev–Trinajstić information content (AvgIpc) is 3.01. The zero-order chi connectivity index (χ0) is 18.0. The Labute approximate surface area is 147 Å². The number of carbonyl (C=O) groups is 1. The fourth-order valence-electron chi connectivity index (χ4n) is 3.27. The van der Waals surface area contributed by atoms with E-state index in [9.17, 15) is 10.1 Å². The van der Waals surface area contributed by atoms with Crippen LogP contribution in [0.5, 0.6) is 0 Å². The number of rotatable bonds is 3. The number of hydrogen-bond donors (Lipinski definition) is 1. The van der Waals surface area contributed by atoms with E-state index >= 15 is 0 Å². The van der Waals surface area contributed by atoms with Crippen molar-refractivity contribution < 1.29 is 4.79 Å². The lowest BCUT2D eigenvalue weighted by Crippen LogP contribution is -2.48. The van der Waals surface area contributed by atoms with Gasteiger partial charge in [0.2, 0.25) is 0 Å². The van der Waals surface area contributed by atoms with E-state index in [1.807, 2.05) is 19.9 Å². The Morgan fingerprint density at radius 2 is 2.24 bits per heavy atom. The molecule has 0 radical (unpaired) electrons. The van der Waals surface area contributed by atoms with Gasteiger partial charge in [-0.3, -0.25) is 9.48 Å². The predicted octanol–water partition coefficient (Wildman–Crippen LogP) is 1.70. The number of nitrogens with zero attached hydrogens (tertiary/aromatic N) is 5. The van der Waals surface area contributed by atoms with E-state index < -0.39 is 0 Å². The molecule has 2 aromatic heterocycles. The molecule has 1 atom stereocenters.